The lowest BCUT2D eigenvalue weighted by atomic mass is 10.1. The number of hydrogen-bond donors (Lipinski definition) is 0. The van der Waals surface area contributed by atoms with E-state index in [9.17, 15) is 10.1 Å². The van der Waals surface area contributed by atoms with Crippen LogP contribution in [-0.2, 0) is 0 Å². The summed E-state index contributed by atoms with van der Waals surface area (Å²) >= 11 is 0. The smallest absolute Gasteiger partial charge is 0.338 e. The molecule has 1 aromatic carbocycles. The molecule has 5 nitrogen and oxygen atoms in total. The Kier molecular flexibility index (Phi) is 3.23. The SMILES string of the molecule is Cc1cccc(/C=C/c2onc(C)c2[N+](=O)[O-])c1. The molecule has 5 heteroatoms. The van der Waals surface area contributed by atoms with Gasteiger partial charge in [-0.25, -0.2) is 0 Å². The second kappa shape index (κ2) is 4.83. The topological polar surface area (TPSA) is 69.2 Å². The molecular weight excluding hydrogens is 232 g/mol. The Bertz CT molecular complexity index is 614. The minimum atomic E-state index is -0.484. The Balaban J connectivity index is 2.32. The average molecular weight is 244 g/mol. The summed E-state index contributed by atoms with van der Waals surface area (Å²) in [5.41, 5.74) is 2.28. The number of aryl methyl sites for hydroxylation is 2. The van der Waals surface area contributed by atoms with E-state index in [0.717, 1.165) is 11.1 Å². The molecule has 0 atom stereocenters. The molecule has 2 aromatic rings. The van der Waals surface area contributed by atoms with E-state index >= 15 is 0 Å². The van der Waals surface area contributed by atoms with Crippen LogP contribution in [0.25, 0.3) is 12.2 Å². The Morgan fingerprint density at radius 1 is 1.33 bits per heavy atom. The maximum atomic E-state index is 10.8. The van der Waals surface area contributed by atoms with Crippen molar-refractivity contribution >= 4 is 17.8 Å². The van der Waals surface area contributed by atoms with Gasteiger partial charge < -0.3 is 4.52 Å². The van der Waals surface area contributed by atoms with Gasteiger partial charge in [0.25, 0.3) is 0 Å². The van der Waals surface area contributed by atoms with Crippen LogP contribution in [0.5, 0.6) is 0 Å². The van der Waals surface area contributed by atoms with Gasteiger partial charge in [0.15, 0.2) is 5.69 Å². The fourth-order valence-corrected chi connectivity index (χ4v) is 1.66. The van der Waals surface area contributed by atoms with Crippen molar-refractivity contribution in [1.29, 1.82) is 0 Å². The molecule has 1 aromatic heterocycles. The number of rotatable bonds is 3. The third-order valence-corrected chi connectivity index (χ3v) is 2.51. The quantitative estimate of drug-likeness (QED) is 0.613. The molecule has 1 heterocycles. The van der Waals surface area contributed by atoms with Crippen LogP contribution in [0.4, 0.5) is 5.69 Å². The third kappa shape index (κ3) is 2.45. The summed E-state index contributed by atoms with van der Waals surface area (Å²) in [6, 6.07) is 7.80. The van der Waals surface area contributed by atoms with E-state index < -0.39 is 4.92 Å². The van der Waals surface area contributed by atoms with Gasteiger partial charge in [-0.1, -0.05) is 41.1 Å². The van der Waals surface area contributed by atoms with E-state index in [1.54, 1.807) is 19.1 Å². The summed E-state index contributed by atoms with van der Waals surface area (Å²) in [5.74, 6) is 0.166. The molecule has 0 aliphatic heterocycles. The predicted molar refractivity (Wildman–Crippen MR) is 68.0 cm³/mol. The largest absolute Gasteiger partial charge is 0.349 e. The highest BCUT2D eigenvalue weighted by Crippen LogP contribution is 2.24. The first-order valence-corrected chi connectivity index (χ1v) is 5.43. The summed E-state index contributed by atoms with van der Waals surface area (Å²) in [6.07, 6.45) is 3.33. The second-order valence-corrected chi connectivity index (χ2v) is 3.99. The number of hydrogen-bond acceptors (Lipinski definition) is 4. The number of nitrogens with zero attached hydrogens (tertiary/aromatic N) is 2. The van der Waals surface area contributed by atoms with E-state index in [1.807, 2.05) is 31.2 Å². The van der Waals surface area contributed by atoms with Crippen molar-refractivity contribution in [2.45, 2.75) is 13.8 Å². The van der Waals surface area contributed by atoms with Crippen LogP contribution in [-0.4, -0.2) is 10.1 Å². The van der Waals surface area contributed by atoms with Gasteiger partial charge in [-0.2, -0.15) is 0 Å². The molecular formula is C13H12N2O3. The molecule has 0 saturated heterocycles. The van der Waals surface area contributed by atoms with Gasteiger partial charge in [0.2, 0.25) is 5.76 Å². The van der Waals surface area contributed by atoms with Gasteiger partial charge >= 0.3 is 5.69 Å². The second-order valence-electron chi connectivity index (χ2n) is 3.99. The Morgan fingerprint density at radius 2 is 2.11 bits per heavy atom. The summed E-state index contributed by atoms with van der Waals surface area (Å²) < 4.78 is 4.93. The number of benzene rings is 1. The molecule has 0 saturated carbocycles. The minimum Gasteiger partial charge on any atom is -0.349 e. The van der Waals surface area contributed by atoms with Crippen molar-refractivity contribution in [1.82, 2.24) is 5.16 Å². The summed E-state index contributed by atoms with van der Waals surface area (Å²) in [6.45, 7) is 3.53. The van der Waals surface area contributed by atoms with Gasteiger partial charge in [0.1, 0.15) is 0 Å². The van der Waals surface area contributed by atoms with Gasteiger partial charge in [-0.3, -0.25) is 10.1 Å². The van der Waals surface area contributed by atoms with Crippen molar-refractivity contribution < 1.29 is 9.45 Å². The maximum Gasteiger partial charge on any atom is 0.338 e. The molecule has 92 valence electrons. The van der Waals surface area contributed by atoms with E-state index in [-0.39, 0.29) is 17.1 Å². The lowest BCUT2D eigenvalue weighted by Gasteiger charge is -1.94. The highest BCUT2D eigenvalue weighted by Gasteiger charge is 2.21. The van der Waals surface area contributed by atoms with Crippen LogP contribution in [0.15, 0.2) is 28.8 Å². The van der Waals surface area contributed by atoms with Crippen LogP contribution >= 0.6 is 0 Å². The fourth-order valence-electron chi connectivity index (χ4n) is 1.66. The molecule has 0 fully saturated rings. The van der Waals surface area contributed by atoms with E-state index in [0.29, 0.717) is 0 Å². The standard InChI is InChI=1S/C13H12N2O3/c1-9-4-3-5-11(8-9)6-7-12-13(15(16)17)10(2)14-18-12/h3-8H,1-2H3/b7-6+. The predicted octanol–water partition coefficient (Wildman–Crippen LogP) is 3.37. The van der Waals surface area contributed by atoms with Crippen molar-refractivity contribution in [2.75, 3.05) is 0 Å². The first-order valence-electron chi connectivity index (χ1n) is 5.43. The zero-order chi connectivity index (χ0) is 13.1. The Morgan fingerprint density at radius 3 is 2.78 bits per heavy atom. The first-order chi connectivity index (χ1) is 8.58. The van der Waals surface area contributed by atoms with Crippen molar-refractivity contribution in [3.63, 3.8) is 0 Å². The van der Waals surface area contributed by atoms with Crippen molar-refractivity contribution in [3.8, 4) is 0 Å². The van der Waals surface area contributed by atoms with Crippen LogP contribution in [0.1, 0.15) is 22.6 Å². The molecule has 0 aliphatic rings. The zero-order valence-electron chi connectivity index (χ0n) is 10.1. The van der Waals surface area contributed by atoms with Crippen LogP contribution in [0.2, 0.25) is 0 Å². The normalized spacial score (nSPS) is 11.0. The monoisotopic (exact) mass is 244 g/mol. The zero-order valence-corrected chi connectivity index (χ0v) is 10.1. The molecule has 0 spiro atoms. The molecule has 0 aliphatic carbocycles. The highest BCUT2D eigenvalue weighted by molar-refractivity contribution is 5.71. The molecule has 2 rings (SSSR count). The van der Waals surface area contributed by atoms with E-state index in [2.05, 4.69) is 5.16 Å². The summed E-state index contributed by atoms with van der Waals surface area (Å²) in [7, 11) is 0. The van der Waals surface area contributed by atoms with E-state index in [1.165, 1.54) is 0 Å². The Labute approximate surface area is 104 Å². The molecule has 0 radical (unpaired) electrons. The molecule has 18 heavy (non-hydrogen) atoms. The molecule has 0 unspecified atom stereocenters. The van der Waals surface area contributed by atoms with Gasteiger partial charge in [0.05, 0.1) is 4.92 Å². The van der Waals surface area contributed by atoms with Gasteiger partial charge in [0, 0.05) is 0 Å². The first kappa shape index (κ1) is 12.0. The highest BCUT2D eigenvalue weighted by atomic mass is 16.6. The van der Waals surface area contributed by atoms with Crippen LogP contribution in [0.3, 0.4) is 0 Å². The molecule has 0 N–H and O–H groups in total. The van der Waals surface area contributed by atoms with Gasteiger partial charge in [-0.15, -0.1) is 0 Å². The molecule has 0 amide bonds. The minimum absolute atomic E-state index is 0.0843. The maximum absolute atomic E-state index is 10.8. The number of aromatic nitrogens is 1. The summed E-state index contributed by atoms with van der Waals surface area (Å²) in [4.78, 5) is 10.4. The lowest BCUT2D eigenvalue weighted by molar-refractivity contribution is -0.386. The summed E-state index contributed by atoms with van der Waals surface area (Å²) in [5, 5.41) is 14.4. The van der Waals surface area contributed by atoms with Crippen LogP contribution < -0.4 is 0 Å². The lowest BCUT2D eigenvalue weighted by Crippen LogP contribution is -1.90. The van der Waals surface area contributed by atoms with Gasteiger partial charge in [-0.05, 0) is 25.5 Å². The molecule has 0 bridgehead atoms. The Hall–Kier alpha value is -2.43. The number of nitro groups is 1. The van der Waals surface area contributed by atoms with Crippen LogP contribution in [0, 0.1) is 24.0 Å². The fraction of sp³-hybridized carbons (Fsp3) is 0.154. The third-order valence-electron chi connectivity index (χ3n) is 2.51. The average Bonchev–Trinajstić information content (AvgIpc) is 2.68. The van der Waals surface area contributed by atoms with E-state index in [4.69, 9.17) is 4.52 Å². The van der Waals surface area contributed by atoms with Crippen molar-refractivity contribution in [3.05, 3.63) is 57.0 Å². The van der Waals surface area contributed by atoms with Crippen molar-refractivity contribution in [2.24, 2.45) is 0 Å².